The van der Waals surface area contributed by atoms with Gasteiger partial charge in [0.25, 0.3) is 5.91 Å². The summed E-state index contributed by atoms with van der Waals surface area (Å²) in [6.45, 7) is 0.103. The zero-order chi connectivity index (χ0) is 18.2. The maximum atomic E-state index is 11.9. The first-order chi connectivity index (χ1) is 12.0. The highest BCUT2D eigenvalue weighted by Gasteiger charge is 2.10. The topological polar surface area (TPSA) is 58.6 Å². The van der Waals surface area contributed by atoms with E-state index in [2.05, 4.69) is 5.32 Å². The van der Waals surface area contributed by atoms with Gasteiger partial charge in [-0.2, -0.15) is 0 Å². The quantitative estimate of drug-likeness (QED) is 0.609. The van der Waals surface area contributed by atoms with Gasteiger partial charge in [-0.15, -0.1) is 11.8 Å². The van der Waals surface area contributed by atoms with Crippen LogP contribution in [-0.2, 0) is 16.1 Å². The first-order valence-corrected chi connectivity index (χ1v) is 9.06. The van der Waals surface area contributed by atoms with Crippen LogP contribution in [0.3, 0.4) is 0 Å². The van der Waals surface area contributed by atoms with E-state index < -0.39 is 5.97 Å². The molecule has 0 fully saturated rings. The molecule has 0 aromatic heterocycles. The van der Waals surface area contributed by atoms with E-state index in [1.165, 1.54) is 0 Å². The Morgan fingerprint density at radius 1 is 1.04 bits per heavy atom. The number of carbonyl (C=O) groups excluding carboxylic acids is 2. The van der Waals surface area contributed by atoms with Crippen molar-refractivity contribution < 1.29 is 14.3 Å². The van der Waals surface area contributed by atoms with E-state index in [0.717, 1.165) is 16.1 Å². The predicted molar refractivity (Wildman–Crippen MR) is 101 cm³/mol. The summed E-state index contributed by atoms with van der Waals surface area (Å²) in [5, 5.41) is 2.74. The molecular weight excluding hydrogens is 336 g/mol. The number of thioether (sulfide) groups is 1. The molecule has 0 spiro atoms. The number of esters is 1. The van der Waals surface area contributed by atoms with Crippen molar-refractivity contribution in [3.8, 4) is 0 Å². The molecule has 0 radical (unpaired) electrons. The van der Waals surface area contributed by atoms with Gasteiger partial charge in [0.2, 0.25) is 0 Å². The lowest BCUT2D eigenvalue weighted by Gasteiger charge is -2.13. The normalized spacial score (nSPS) is 10.2. The van der Waals surface area contributed by atoms with Crippen molar-refractivity contribution in [2.45, 2.75) is 11.4 Å². The third-order valence-electron chi connectivity index (χ3n) is 3.60. The molecule has 25 heavy (non-hydrogen) atoms. The molecule has 2 aromatic carbocycles. The molecule has 6 heteroatoms. The number of nitrogens with one attached hydrogen (secondary N) is 1. The summed E-state index contributed by atoms with van der Waals surface area (Å²) in [5.41, 5.74) is 2.51. The van der Waals surface area contributed by atoms with Crippen LogP contribution in [0.15, 0.2) is 53.4 Å². The smallest absolute Gasteiger partial charge is 0.338 e. The molecular formula is C19H22N2O3S. The molecule has 2 aromatic rings. The molecule has 0 saturated carbocycles. The zero-order valence-corrected chi connectivity index (χ0v) is 15.4. The highest BCUT2D eigenvalue weighted by molar-refractivity contribution is 7.98. The van der Waals surface area contributed by atoms with Gasteiger partial charge in [0.05, 0.1) is 5.56 Å². The van der Waals surface area contributed by atoms with Gasteiger partial charge in [0, 0.05) is 31.2 Å². The Morgan fingerprint density at radius 3 is 2.24 bits per heavy atom. The highest BCUT2D eigenvalue weighted by Crippen LogP contribution is 2.15. The number of benzene rings is 2. The number of nitrogens with zero attached hydrogens (tertiary/aromatic N) is 1. The molecule has 0 saturated heterocycles. The van der Waals surface area contributed by atoms with E-state index in [-0.39, 0.29) is 12.5 Å². The highest BCUT2D eigenvalue weighted by atomic mass is 32.2. The number of ether oxygens (including phenoxy) is 1. The molecule has 0 aliphatic rings. The van der Waals surface area contributed by atoms with Gasteiger partial charge in [0.1, 0.15) is 0 Å². The van der Waals surface area contributed by atoms with E-state index in [0.29, 0.717) is 12.1 Å². The van der Waals surface area contributed by atoms with Crippen molar-refractivity contribution in [3.63, 3.8) is 0 Å². The van der Waals surface area contributed by atoms with Gasteiger partial charge in [-0.25, -0.2) is 4.79 Å². The molecule has 0 atom stereocenters. The lowest BCUT2D eigenvalue weighted by atomic mass is 10.2. The largest absolute Gasteiger partial charge is 0.452 e. The van der Waals surface area contributed by atoms with Crippen LogP contribution in [0.25, 0.3) is 0 Å². The molecule has 0 aliphatic carbocycles. The van der Waals surface area contributed by atoms with E-state index in [1.54, 1.807) is 23.9 Å². The molecule has 5 nitrogen and oxygen atoms in total. The van der Waals surface area contributed by atoms with Crippen LogP contribution in [0.2, 0.25) is 0 Å². The molecule has 0 bridgehead atoms. The fraction of sp³-hybridized carbons (Fsp3) is 0.263. The number of rotatable bonds is 7. The van der Waals surface area contributed by atoms with Crippen LogP contribution in [0.5, 0.6) is 0 Å². The summed E-state index contributed by atoms with van der Waals surface area (Å²) in [6.07, 6.45) is 1.96. The molecule has 1 amide bonds. The average Bonchev–Trinajstić information content (AvgIpc) is 2.64. The number of amides is 1. The van der Waals surface area contributed by atoms with Crippen LogP contribution in [0.4, 0.5) is 5.69 Å². The monoisotopic (exact) mass is 358 g/mol. The third kappa shape index (κ3) is 5.83. The minimum absolute atomic E-state index is 0.293. The van der Waals surface area contributed by atoms with Crippen LogP contribution >= 0.6 is 11.8 Å². The van der Waals surface area contributed by atoms with Crippen molar-refractivity contribution in [2.75, 3.05) is 31.9 Å². The maximum absolute atomic E-state index is 11.9. The van der Waals surface area contributed by atoms with Crippen molar-refractivity contribution in [1.29, 1.82) is 0 Å². The molecule has 0 aliphatic heterocycles. The second-order valence-corrected chi connectivity index (χ2v) is 6.52. The summed E-state index contributed by atoms with van der Waals surface area (Å²) >= 11 is 1.60. The van der Waals surface area contributed by atoms with Crippen molar-refractivity contribution in [1.82, 2.24) is 5.32 Å². The second-order valence-electron chi connectivity index (χ2n) is 5.64. The summed E-state index contributed by atoms with van der Waals surface area (Å²) in [5.74, 6) is -0.830. The molecule has 0 unspecified atom stereocenters. The van der Waals surface area contributed by atoms with Gasteiger partial charge >= 0.3 is 5.97 Å². The summed E-state index contributed by atoms with van der Waals surface area (Å²) in [7, 11) is 3.94. The molecule has 2 rings (SSSR count). The Bertz CT molecular complexity index is 712. The van der Waals surface area contributed by atoms with E-state index in [4.69, 9.17) is 4.74 Å². The van der Waals surface area contributed by atoms with Gasteiger partial charge in [-0.3, -0.25) is 4.79 Å². The number of hydrogen-bond donors (Lipinski definition) is 1. The van der Waals surface area contributed by atoms with Crippen LogP contribution in [0.1, 0.15) is 15.9 Å². The number of carbonyl (C=O) groups is 2. The van der Waals surface area contributed by atoms with Crippen LogP contribution in [0, 0.1) is 0 Å². The summed E-state index contributed by atoms with van der Waals surface area (Å²) in [6, 6.07) is 15.0. The van der Waals surface area contributed by atoms with Gasteiger partial charge in [-0.1, -0.05) is 12.1 Å². The second kappa shape index (κ2) is 9.13. The van der Waals surface area contributed by atoms with Crippen LogP contribution < -0.4 is 10.2 Å². The Hall–Kier alpha value is -2.47. The third-order valence-corrected chi connectivity index (χ3v) is 4.35. The number of anilines is 1. The fourth-order valence-corrected chi connectivity index (χ4v) is 2.51. The van der Waals surface area contributed by atoms with E-state index in [1.807, 2.05) is 61.6 Å². The lowest BCUT2D eigenvalue weighted by molar-refractivity contribution is -0.124. The summed E-state index contributed by atoms with van der Waals surface area (Å²) in [4.78, 5) is 26.8. The zero-order valence-electron chi connectivity index (χ0n) is 14.6. The molecule has 132 valence electrons. The minimum atomic E-state index is -0.502. The van der Waals surface area contributed by atoms with Crippen molar-refractivity contribution in [2.24, 2.45) is 0 Å². The number of hydrogen-bond acceptors (Lipinski definition) is 5. The van der Waals surface area contributed by atoms with E-state index in [9.17, 15) is 9.59 Å². The summed E-state index contributed by atoms with van der Waals surface area (Å²) < 4.78 is 5.04. The fourth-order valence-electron chi connectivity index (χ4n) is 2.11. The molecule has 1 N–H and O–H groups in total. The lowest BCUT2D eigenvalue weighted by Crippen LogP contribution is -2.28. The van der Waals surface area contributed by atoms with Crippen LogP contribution in [-0.4, -0.2) is 38.8 Å². The van der Waals surface area contributed by atoms with Crippen molar-refractivity contribution in [3.05, 3.63) is 59.7 Å². The van der Waals surface area contributed by atoms with Gasteiger partial charge < -0.3 is 15.0 Å². The Kier molecular flexibility index (Phi) is 6.89. The van der Waals surface area contributed by atoms with Crippen molar-refractivity contribution >= 4 is 29.3 Å². The maximum Gasteiger partial charge on any atom is 0.338 e. The first-order valence-electron chi connectivity index (χ1n) is 7.83. The Morgan fingerprint density at radius 2 is 1.68 bits per heavy atom. The first kappa shape index (κ1) is 18.9. The molecule has 0 heterocycles. The van der Waals surface area contributed by atoms with Gasteiger partial charge in [0.15, 0.2) is 6.61 Å². The average molecular weight is 358 g/mol. The van der Waals surface area contributed by atoms with E-state index >= 15 is 0 Å². The SMILES string of the molecule is CSc1ccc(C(=O)OCC(=O)NCc2ccc(N(C)C)cc2)cc1. The Labute approximate surface area is 152 Å². The Balaban J connectivity index is 1.77. The van der Waals surface area contributed by atoms with Gasteiger partial charge in [-0.05, 0) is 48.2 Å². The standard InChI is InChI=1S/C19H22N2O3S/c1-21(2)16-8-4-14(5-9-16)12-20-18(22)13-24-19(23)15-6-10-17(25-3)11-7-15/h4-11H,12-13H2,1-3H3,(H,20,22). The predicted octanol–water partition coefficient (Wildman–Crippen LogP) is 2.95. The minimum Gasteiger partial charge on any atom is -0.452 e.